The minimum atomic E-state index is -0.0972. The van der Waals surface area contributed by atoms with E-state index in [0.717, 1.165) is 23.7 Å². The molecule has 53 heavy (non-hydrogen) atoms. The van der Waals surface area contributed by atoms with Crippen LogP contribution in [0.5, 0.6) is 0 Å². The number of nitrogens with zero attached hydrogens (tertiary/aromatic N) is 1. The maximum atomic E-state index is 2.56. The van der Waals surface area contributed by atoms with Gasteiger partial charge in [-0.1, -0.05) is 132 Å². The lowest BCUT2D eigenvalue weighted by Crippen LogP contribution is -2.17. The van der Waals surface area contributed by atoms with E-state index in [2.05, 4.69) is 128 Å². The van der Waals surface area contributed by atoms with Gasteiger partial charge in [0.2, 0.25) is 0 Å². The molecule has 0 amide bonds. The first kappa shape index (κ1) is 33.5. The predicted octanol–water partition coefficient (Wildman–Crippen LogP) is 15.1. The highest BCUT2D eigenvalue weighted by Crippen LogP contribution is 2.55. The second-order valence-electron chi connectivity index (χ2n) is 18.2. The highest BCUT2D eigenvalue weighted by molar-refractivity contribution is 5.94. The summed E-state index contributed by atoms with van der Waals surface area (Å²) in [5.41, 5.74) is 16.7. The molecule has 0 spiro atoms. The van der Waals surface area contributed by atoms with Crippen molar-refractivity contribution in [1.82, 2.24) is 0 Å². The Balaban J connectivity index is 1.04. The quantitative estimate of drug-likeness (QED) is 0.164. The van der Waals surface area contributed by atoms with Crippen molar-refractivity contribution in [3.05, 3.63) is 137 Å². The number of hydrogen-bond acceptors (Lipinski definition) is 1. The van der Waals surface area contributed by atoms with Gasteiger partial charge < -0.3 is 4.90 Å². The summed E-state index contributed by atoms with van der Waals surface area (Å²) in [6.45, 7) is 4.88. The minimum absolute atomic E-state index is 0.0972. The molecule has 2 bridgehead atoms. The van der Waals surface area contributed by atoms with E-state index >= 15 is 0 Å². The topological polar surface area (TPSA) is 3.24 Å². The molecule has 1 nitrogen and oxygen atoms in total. The van der Waals surface area contributed by atoms with Crippen LogP contribution in [0.1, 0.15) is 149 Å². The van der Waals surface area contributed by atoms with Crippen molar-refractivity contribution in [3.8, 4) is 22.3 Å². The monoisotopic (exact) mass is 695 g/mol. The Hall–Kier alpha value is -4.10. The van der Waals surface area contributed by atoms with E-state index in [0.29, 0.717) is 5.92 Å². The molecule has 0 N–H and O–H groups in total. The standard InChI is InChI=1S/C52H57N/c1-52(2)49-18-10-17-46(39-23-21-38(22-24-39)36-11-5-3-6-12-36)51(49)47-30-29-45(34-50(47)52)53(44-16-9-15-41(33-44)37-13-7-4-8-14-37)43-27-25-40(26-28-43)48-32-35-19-20-42(48)31-35/h9-10,15-18,21-30,33-37,42,48H,3-8,11-14,19-20,31-32H2,1-2H3. The van der Waals surface area contributed by atoms with Gasteiger partial charge in [-0.15, -0.1) is 0 Å². The van der Waals surface area contributed by atoms with E-state index < -0.39 is 0 Å². The maximum Gasteiger partial charge on any atom is 0.0465 e. The molecule has 0 radical (unpaired) electrons. The van der Waals surface area contributed by atoms with Crippen molar-refractivity contribution >= 4 is 17.1 Å². The van der Waals surface area contributed by atoms with Gasteiger partial charge in [-0.3, -0.25) is 0 Å². The SMILES string of the molecule is CC1(C)c2cc(N(c3ccc(C4CC5CCC4C5)cc3)c3cccc(C4CCCCC4)c3)ccc2-c2c(-c3ccc(C4CCCCC4)cc3)cccc21. The van der Waals surface area contributed by atoms with Gasteiger partial charge in [0.25, 0.3) is 0 Å². The van der Waals surface area contributed by atoms with Gasteiger partial charge in [0, 0.05) is 22.5 Å². The number of hydrogen-bond donors (Lipinski definition) is 0. The van der Waals surface area contributed by atoms with Gasteiger partial charge in [-0.2, -0.15) is 0 Å². The van der Waals surface area contributed by atoms with Crippen molar-refractivity contribution in [3.63, 3.8) is 0 Å². The van der Waals surface area contributed by atoms with Crippen LogP contribution in [-0.2, 0) is 5.41 Å². The number of benzene rings is 5. The van der Waals surface area contributed by atoms with Crippen LogP contribution in [-0.4, -0.2) is 0 Å². The first-order valence-corrected chi connectivity index (χ1v) is 21.4. The number of anilines is 3. The van der Waals surface area contributed by atoms with Crippen molar-refractivity contribution in [2.24, 2.45) is 11.8 Å². The zero-order valence-electron chi connectivity index (χ0n) is 32.1. The molecule has 5 aromatic rings. The smallest absolute Gasteiger partial charge is 0.0465 e. The summed E-state index contributed by atoms with van der Waals surface area (Å²) < 4.78 is 0. The molecule has 10 rings (SSSR count). The van der Waals surface area contributed by atoms with Gasteiger partial charge >= 0.3 is 0 Å². The van der Waals surface area contributed by atoms with Crippen molar-refractivity contribution < 1.29 is 0 Å². The largest absolute Gasteiger partial charge is 0.310 e. The third-order valence-electron chi connectivity index (χ3n) is 14.8. The number of rotatable bonds is 7. The van der Waals surface area contributed by atoms with Gasteiger partial charge in [-0.05, 0) is 161 Å². The van der Waals surface area contributed by atoms with Gasteiger partial charge in [0.15, 0.2) is 0 Å². The average Bonchev–Trinajstić information content (AvgIpc) is 3.92. The van der Waals surface area contributed by atoms with Crippen molar-refractivity contribution in [1.29, 1.82) is 0 Å². The molecule has 5 aromatic carbocycles. The molecule has 270 valence electrons. The van der Waals surface area contributed by atoms with E-state index in [1.807, 2.05) is 0 Å². The second-order valence-corrected chi connectivity index (χ2v) is 18.2. The molecule has 5 aliphatic rings. The third kappa shape index (κ3) is 5.98. The Morgan fingerprint density at radius 3 is 1.85 bits per heavy atom. The van der Waals surface area contributed by atoms with Crippen LogP contribution in [0.15, 0.2) is 109 Å². The first-order valence-electron chi connectivity index (χ1n) is 21.4. The van der Waals surface area contributed by atoms with Gasteiger partial charge in [-0.25, -0.2) is 0 Å². The fourth-order valence-electron chi connectivity index (χ4n) is 11.9. The summed E-state index contributed by atoms with van der Waals surface area (Å²) in [5, 5.41) is 0. The van der Waals surface area contributed by atoms with E-state index in [1.165, 1.54) is 151 Å². The molecule has 5 aliphatic carbocycles. The van der Waals surface area contributed by atoms with E-state index in [4.69, 9.17) is 0 Å². The lowest BCUT2D eigenvalue weighted by molar-refractivity contribution is 0.420. The van der Waals surface area contributed by atoms with Crippen molar-refractivity contribution in [2.75, 3.05) is 4.90 Å². The molecule has 3 atom stereocenters. The maximum absolute atomic E-state index is 2.56. The third-order valence-corrected chi connectivity index (χ3v) is 14.8. The first-order chi connectivity index (χ1) is 26.0. The zero-order valence-corrected chi connectivity index (χ0v) is 32.1. The van der Waals surface area contributed by atoms with Crippen LogP contribution >= 0.6 is 0 Å². The normalized spacial score (nSPS) is 23.5. The van der Waals surface area contributed by atoms with Crippen molar-refractivity contribution in [2.45, 2.75) is 127 Å². The molecule has 4 fully saturated rings. The fourth-order valence-corrected chi connectivity index (χ4v) is 11.9. The van der Waals surface area contributed by atoms with Crippen LogP contribution in [0, 0.1) is 11.8 Å². The van der Waals surface area contributed by atoms with Crippen LogP contribution in [0.3, 0.4) is 0 Å². The summed E-state index contributed by atoms with van der Waals surface area (Å²) in [6, 6.07) is 43.4. The molecule has 0 heterocycles. The molecule has 0 aliphatic heterocycles. The molecule has 4 saturated carbocycles. The summed E-state index contributed by atoms with van der Waals surface area (Å²) in [4.78, 5) is 2.56. The van der Waals surface area contributed by atoms with E-state index in [9.17, 15) is 0 Å². The van der Waals surface area contributed by atoms with Gasteiger partial charge in [0.05, 0.1) is 0 Å². The fraction of sp³-hybridized carbons (Fsp3) is 0.423. The molecular weight excluding hydrogens is 639 g/mol. The summed E-state index contributed by atoms with van der Waals surface area (Å²) in [5.74, 6) is 4.02. The summed E-state index contributed by atoms with van der Waals surface area (Å²) >= 11 is 0. The van der Waals surface area contributed by atoms with E-state index in [-0.39, 0.29) is 5.41 Å². The highest BCUT2D eigenvalue weighted by atomic mass is 15.1. The Labute approximate surface area is 318 Å². The average molecular weight is 696 g/mol. The zero-order chi connectivity index (χ0) is 35.5. The summed E-state index contributed by atoms with van der Waals surface area (Å²) in [7, 11) is 0. The van der Waals surface area contributed by atoms with Crippen LogP contribution in [0.25, 0.3) is 22.3 Å². The predicted molar refractivity (Wildman–Crippen MR) is 224 cm³/mol. The number of fused-ring (bicyclic) bond motifs is 5. The Kier molecular flexibility index (Phi) is 8.61. The molecule has 1 heteroatoms. The molecule has 3 unspecified atom stereocenters. The molecule has 0 saturated heterocycles. The minimum Gasteiger partial charge on any atom is -0.310 e. The lowest BCUT2D eigenvalue weighted by Gasteiger charge is -2.30. The van der Waals surface area contributed by atoms with Crippen LogP contribution < -0.4 is 4.90 Å². The van der Waals surface area contributed by atoms with Crippen LogP contribution in [0.2, 0.25) is 0 Å². The van der Waals surface area contributed by atoms with Gasteiger partial charge in [0.1, 0.15) is 0 Å². The van der Waals surface area contributed by atoms with E-state index in [1.54, 1.807) is 5.56 Å². The Morgan fingerprint density at radius 1 is 0.491 bits per heavy atom. The molecular formula is C52H57N. The second kappa shape index (κ2) is 13.6. The summed E-state index contributed by atoms with van der Waals surface area (Å²) in [6.07, 6.45) is 19.3. The highest BCUT2D eigenvalue weighted by Gasteiger charge is 2.40. The lowest BCUT2D eigenvalue weighted by atomic mass is 9.81. The molecule has 0 aromatic heterocycles. The Bertz CT molecular complexity index is 2090. The Morgan fingerprint density at radius 2 is 1.15 bits per heavy atom. The van der Waals surface area contributed by atoms with Crippen LogP contribution in [0.4, 0.5) is 17.1 Å².